The first-order valence-electron chi connectivity index (χ1n) is 5.79. The fourth-order valence-electron chi connectivity index (χ4n) is 1.97. The van der Waals surface area contributed by atoms with E-state index in [1.807, 2.05) is 7.05 Å². The monoisotopic (exact) mass is 252 g/mol. The number of halogens is 1. The second-order valence-corrected chi connectivity index (χ2v) is 5.30. The minimum atomic E-state index is 0.00556. The van der Waals surface area contributed by atoms with E-state index in [1.165, 1.54) is 6.42 Å². The second kappa shape index (κ2) is 4.57. The van der Waals surface area contributed by atoms with Gasteiger partial charge in [0, 0.05) is 19.2 Å². The predicted molar refractivity (Wildman–Crippen MR) is 70.1 cm³/mol. The number of carbonyl (C=O) groups is 1. The molecule has 2 atom stereocenters. The number of nitrogens with two attached hydrogens (primary N) is 1. The van der Waals surface area contributed by atoms with Gasteiger partial charge in [-0.25, -0.2) is 0 Å². The van der Waals surface area contributed by atoms with Crippen LogP contribution in [0.1, 0.15) is 23.7 Å². The van der Waals surface area contributed by atoms with Gasteiger partial charge in [0.25, 0.3) is 5.91 Å². The molecule has 0 aliphatic heterocycles. The van der Waals surface area contributed by atoms with Crippen molar-refractivity contribution in [2.45, 2.75) is 13.3 Å². The first kappa shape index (κ1) is 12.2. The van der Waals surface area contributed by atoms with E-state index in [2.05, 4.69) is 6.92 Å². The number of hydrogen-bond donors (Lipinski definition) is 1. The Morgan fingerprint density at radius 3 is 2.76 bits per heavy atom. The average Bonchev–Trinajstić information content (AvgIpc) is 2.97. The van der Waals surface area contributed by atoms with Gasteiger partial charge in [-0.05, 0) is 36.5 Å². The lowest BCUT2D eigenvalue weighted by molar-refractivity contribution is 0.0787. The van der Waals surface area contributed by atoms with Crippen molar-refractivity contribution < 1.29 is 4.79 Å². The van der Waals surface area contributed by atoms with Gasteiger partial charge in [-0.2, -0.15) is 0 Å². The summed E-state index contributed by atoms with van der Waals surface area (Å²) in [6, 6.07) is 5.02. The minimum absolute atomic E-state index is 0.00556. The highest BCUT2D eigenvalue weighted by Gasteiger charge is 2.34. The van der Waals surface area contributed by atoms with Crippen LogP contribution in [0, 0.1) is 11.8 Å². The van der Waals surface area contributed by atoms with Crippen LogP contribution in [0.15, 0.2) is 18.2 Å². The Balaban J connectivity index is 2.05. The van der Waals surface area contributed by atoms with Gasteiger partial charge < -0.3 is 10.6 Å². The zero-order valence-corrected chi connectivity index (χ0v) is 10.9. The lowest BCUT2D eigenvalue weighted by Crippen LogP contribution is -2.29. The Bertz CT molecular complexity index is 447. The van der Waals surface area contributed by atoms with Gasteiger partial charge in [0.05, 0.1) is 10.7 Å². The summed E-state index contributed by atoms with van der Waals surface area (Å²) in [5.74, 6) is 1.42. The zero-order chi connectivity index (χ0) is 12.6. The third-order valence-electron chi connectivity index (χ3n) is 3.38. The first-order chi connectivity index (χ1) is 7.99. The number of rotatable bonds is 3. The summed E-state index contributed by atoms with van der Waals surface area (Å²) in [4.78, 5) is 13.9. The third-order valence-corrected chi connectivity index (χ3v) is 3.71. The molecule has 1 amide bonds. The average molecular weight is 253 g/mol. The van der Waals surface area contributed by atoms with E-state index in [-0.39, 0.29) is 5.91 Å². The van der Waals surface area contributed by atoms with E-state index in [4.69, 9.17) is 17.3 Å². The van der Waals surface area contributed by atoms with Gasteiger partial charge in [0.2, 0.25) is 0 Å². The Kier molecular flexibility index (Phi) is 3.29. The van der Waals surface area contributed by atoms with E-state index in [9.17, 15) is 4.79 Å². The van der Waals surface area contributed by atoms with Crippen molar-refractivity contribution in [1.29, 1.82) is 0 Å². The molecule has 1 saturated carbocycles. The van der Waals surface area contributed by atoms with Gasteiger partial charge in [0.1, 0.15) is 0 Å². The summed E-state index contributed by atoms with van der Waals surface area (Å²) in [7, 11) is 1.83. The van der Waals surface area contributed by atoms with E-state index < -0.39 is 0 Å². The molecule has 1 aromatic carbocycles. The maximum atomic E-state index is 12.1. The molecule has 3 nitrogen and oxygen atoms in total. The van der Waals surface area contributed by atoms with Crippen LogP contribution in [-0.2, 0) is 0 Å². The summed E-state index contributed by atoms with van der Waals surface area (Å²) in [6.45, 7) is 3.03. The molecule has 0 spiro atoms. The summed E-state index contributed by atoms with van der Waals surface area (Å²) in [6.07, 6.45) is 1.22. The standard InChI is InChI=1S/C13H17ClN2O/c1-8-5-10(8)7-16(2)13(17)9-3-4-12(15)11(14)6-9/h3-4,6,8,10H,5,7,15H2,1-2H3. The Morgan fingerprint density at radius 1 is 1.59 bits per heavy atom. The van der Waals surface area contributed by atoms with E-state index in [0.29, 0.717) is 22.2 Å². The number of hydrogen-bond acceptors (Lipinski definition) is 2. The molecule has 2 N–H and O–H groups in total. The molecule has 1 aliphatic carbocycles. The van der Waals surface area contributed by atoms with Crippen molar-refractivity contribution in [1.82, 2.24) is 4.90 Å². The molecule has 0 heterocycles. The van der Waals surface area contributed by atoms with Crippen molar-refractivity contribution >= 4 is 23.2 Å². The van der Waals surface area contributed by atoms with Crippen LogP contribution in [-0.4, -0.2) is 24.4 Å². The molecule has 2 unspecified atom stereocenters. The van der Waals surface area contributed by atoms with E-state index in [0.717, 1.165) is 12.5 Å². The molecule has 0 aromatic heterocycles. The highest BCUT2D eigenvalue weighted by molar-refractivity contribution is 6.33. The summed E-state index contributed by atoms with van der Waals surface area (Å²) in [5.41, 5.74) is 6.72. The maximum absolute atomic E-state index is 12.1. The molecule has 0 bridgehead atoms. The van der Waals surface area contributed by atoms with Gasteiger partial charge >= 0.3 is 0 Å². The molecule has 2 rings (SSSR count). The normalized spacial score (nSPS) is 22.3. The fourth-order valence-corrected chi connectivity index (χ4v) is 2.15. The van der Waals surface area contributed by atoms with Crippen LogP contribution in [0.2, 0.25) is 5.02 Å². The van der Waals surface area contributed by atoms with E-state index >= 15 is 0 Å². The van der Waals surface area contributed by atoms with Crippen molar-refractivity contribution in [2.75, 3.05) is 19.3 Å². The Hall–Kier alpha value is -1.22. The summed E-state index contributed by atoms with van der Waals surface area (Å²) >= 11 is 5.91. The van der Waals surface area contributed by atoms with Gasteiger partial charge in [-0.3, -0.25) is 4.79 Å². The van der Waals surface area contributed by atoms with Crippen LogP contribution < -0.4 is 5.73 Å². The minimum Gasteiger partial charge on any atom is -0.398 e. The van der Waals surface area contributed by atoms with Crippen LogP contribution >= 0.6 is 11.6 Å². The maximum Gasteiger partial charge on any atom is 0.253 e. The number of anilines is 1. The molecular formula is C13H17ClN2O. The highest BCUT2D eigenvalue weighted by Crippen LogP contribution is 2.38. The van der Waals surface area contributed by atoms with Crippen molar-refractivity contribution in [2.24, 2.45) is 11.8 Å². The number of nitrogen functional groups attached to an aromatic ring is 1. The predicted octanol–water partition coefficient (Wildman–Crippen LogP) is 2.65. The van der Waals surface area contributed by atoms with Crippen molar-refractivity contribution in [3.63, 3.8) is 0 Å². The van der Waals surface area contributed by atoms with Crippen LogP contribution in [0.25, 0.3) is 0 Å². The lowest BCUT2D eigenvalue weighted by atomic mass is 10.2. The van der Waals surface area contributed by atoms with Gasteiger partial charge in [-0.15, -0.1) is 0 Å². The highest BCUT2D eigenvalue weighted by atomic mass is 35.5. The topological polar surface area (TPSA) is 46.3 Å². The molecule has 1 aliphatic rings. The van der Waals surface area contributed by atoms with Crippen LogP contribution in [0.4, 0.5) is 5.69 Å². The van der Waals surface area contributed by atoms with Crippen LogP contribution in [0.5, 0.6) is 0 Å². The molecule has 0 radical (unpaired) electrons. The smallest absolute Gasteiger partial charge is 0.253 e. The molecule has 4 heteroatoms. The number of amides is 1. The SMILES string of the molecule is CC1CC1CN(C)C(=O)c1ccc(N)c(Cl)c1. The van der Waals surface area contributed by atoms with Crippen molar-refractivity contribution in [3.8, 4) is 0 Å². The second-order valence-electron chi connectivity index (χ2n) is 4.90. The molecule has 0 saturated heterocycles. The number of nitrogens with zero attached hydrogens (tertiary/aromatic N) is 1. The molecule has 1 fully saturated rings. The molecular weight excluding hydrogens is 236 g/mol. The Labute approximate surface area is 107 Å². The third kappa shape index (κ3) is 2.72. The largest absolute Gasteiger partial charge is 0.398 e. The summed E-state index contributed by atoms with van der Waals surface area (Å²) < 4.78 is 0. The fraction of sp³-hybridized carbons (Fsp3) is 0.462. The molecule has 92 valence electrons. The summed E-state index contributed by atoms with van der Waals surface area (Å²) in [5, 5.41) is 0.434. The quantitative estimate of drug-likeness (QED) is 0.841. The van der Waals surface area contributed by atoms with Gasteiger partial charge in [-0.1, -0.05) is 18.5 Å². The van der Waals surface area contributed by atoms with Crippen molar-refractivity contribution in [3.05, 3.63) is 28.8 Å². The molecule has 17 heavy (non-hydrogen) atoms. The Morgan fingerprint density at radius 2 is 2.24 bits per heavy atom. The van der Waals surface area contributed by atoms with Gasteiger partial charge in [0.15, 0.2) is 0 Å². The van der Waals surface area contributed by atoms with E-state index in [1.54, 1.807) is 23.1 Å². The number of carbonyl (C=O) groups excluding carboxylic acids is 1. The zero-order valence-electron chi connectivity index (χ0n) is 10.1. The lowest BCUT2D eigenvalue weighted by Gasteiger charge is -2.17. The molecule has 1 aromatic rings. The number of benzene rings is 1. The van der Waals surface area contributed by atoms with Crippen LogP contribution in [0.3, 0.4) is 0 Å². The first-order valence-corrected chi connectivity index (χ1v) is 6.17.